The van der Waals surface area contributed by atoms with Gasteiger partial charge in [-0.25, -0.2) is 4.79 Å². The molecule has 1 aromatic carbocycles. The van der Waals surface area contributed by atoms with Gasteiger partial charge < -0.3 is 10.4 Å². The molecule has 0 bridgehead atoms. The molecule has 2 N–H and O–H groups in total. The maximum atomic E-state index is 12.0. The molecule has 1 aromatic rings. The second-order valence-corrected chi connectivity index (χ2v) is 4.75. The second kappa shape index (κ2) is 6.18. The highest BCUT2D eigenvalue weighted by molar-refractivity contribution is 5.95. The Morgan fingerprint density at radius 2 is 2.00 bits per heavy atom. The number of rotatable bonds is 4. The van der Waals surface area contributed by atoms with Gasteiger partial charge in [0.15, 0.2) is 0 Å². The molecule has 0 heterocycles. The fraction of sp³-hybridized carbons (Fsp3) is 0.333. The summed E-state index contributed by atoms with van der Waals surface area (Å²) in [6, 6.07) is 7.24. The fourth-order valence-corrected chi connectivity index (χ4v) is 2.29. The van der Waals surface area contributed by atoms with E-state index in [-0.39, 0.29) is 11.9 Å². The topological polar surface area (TPSA) is 66.4 Å². The van der Waals surface area contributed by atoms with E-state index in [0.717, 1.165) is 18.9 Å². The first-order valence-corrected chi connectivity index (χ1v) is 6.47. The summed E-state index contributed by atoms with van der Waals surface area (Å²) in [6.07, 6.45) is 6.98. The van der Waals surface area contributed by atoms with Crippen molar-refractivity contribution in [1.29, 1.82) is 0 Å². The highest BCUT2D eigenvalue weighted by Gasteiger charge is 2.17. The fourth-order valence-electron chi connectivity index (χ4n) is 2.29. The lowest BCUT2D eigenvalue weighted by Gasteiger charge is -2.12. The van der Waals surface area contributed by atoms with Crippen LogP contribution in [0.2, 0.25) is 0 Å². The summed E-state index contributed by atoms with van der Waals surface area (Å²) in [4.78, 5) is 22.5. The molecule has 4 nitrogen and oxygen atoms in total. The van der Waals surface area contributed by atoms with E-state index >= 15 is 0 Å². The van der Waals surface area contributed by atoms with Crippen LogP contribution in [0.4, 0.5) is 0 Å². The molecule has 1 aliphatic carbocycles. The number of hydrogen-bond acceptors (Lipinski definition) is 2. The first kappa shape index (κ1) is 13.3. The first-order chi connectivity index (χ1) is 9.15. The number of nitrogens with one attached hydrogen (secondary N) is 1. The Labute approximate surface area is 112 Å². The highest BCUT2D eigenvalue weighted by atomic mass is 16.4. The molecule has 1 saturated carbocycles. The van der Waals surface area contributed by atoms with Crippen molar-refractivity contribution in [3.63, 3.8) is 0 Å². The van der Waals surface area contributed by atoms with Crippen LogP contribution in [0, 0.1) is 0 Å². The first-order valence-electron chi connectivity index (χ1n) is 6.47. The van der Waals surface area contributed by atoms with Crippen LogP contribution < -0.4 is 5.32 Å². The SMILES string of the molecule is O=C(O)/C=C/c1cccc(C(=O)NC2CCCC2)c1. The van der Waals surface area contributed by atoms with Gasteiger partial charge >= 0.3 is 5.97 Å². The number of carboxylic acid groups (broad SMARTS) is 1. The Hall–Kier alpha value is -2.10. The molecular weight excluding hydrogens is 242 g/mol. The van der Waals surface area contributed by atoms with E-state index in [1.165, 1.54) is 18.9 Å². The van der Waals surface area contributed by atoms with Crippen molar-refractivity contribution in [2.75, 3.05) is 0 Å². The van der Waals surface area contributed by atoms with Crippen LogP contribution in [-0.4, -0.2) is 23.0 Å². The molecule has 1 amide bonds. The summed E-state index contributed by atoms with van der Waals surface area (Å²) < 4.78 is 0. The monoisotopic (exact) mass is 259 g/mol. The minimum absolute atomic E-state index is 0.0857. The van der Waals surface area contributed by atoms with Gasteiger partial charge in [0.25, 0.3) is 5.91 Å². The maximum absolute atomic E-state index is 12.0. The van der Waals surface area contributed by atoms with Gasteiger partial charge in [0.05, 0.1) is 0 Å². The van der Waals surface area contributed by atoms with Crippen molar-refractivity contribution in [2.24, 2.45) is 0 Å². The summed E-state index contributed by atoms with van der Waals surface area (Å²) in [7, 11) is 0. The standard InChI is InChI=1S/C15H17NO3/c17-14(18)9-8-11-4-3-5-12(10-11)15(19)16-13-6-1-2-7-13/h3-5,8-10,13H,1-2,6-7H2,(H,16,19)(H,17,18)/b9-8+. The minimum Gasteiger partial charge on any atom is -0.478 e. The summed E-state index contributed by atoms with van der Waals surface area (Å²) in [6.45, 7) is 0. The van der Waals surface area contributed by atoms with Crippen molar-refractivity contribution >= 4 is 18.0 Å². The van der Waals surface area contributed by atoms with Crippen LogP contribution in [0.1, 0.15) is 41.6 Å². The van der Waals surface area contributed by atoms with Gasteiger partial charge in [0.1, 0.15) is 0 Å². The molecule has 0 saturated heterocycles. The van der Waals surface area contributed by atoms with E-state index in [9.17, 15) is 9.59 Å². The Kier molecular flexibility index (Phi) is 4.34. The summed E-state index contributed by atoms with van der Waals surface area (Å²) >= 11 is 0. The van der Waals surface area contributed by atoms with Gasteiger partial charge in [-0.2, -0.15) is 0 Å². The van der Waals surface area contributed by atoms with E-state index in [1.54, 1.807) is 24.3 Å². The smallest absolute Gasteiger partial charge is 0.328 e. The Morgan fingerprint density at radius 1 is 1.26 bits per heavy atom. The van der Waals surface area contributed by atoms with Crippen LogP contribution >= 0.6 is 0 Å². The zero-order valence-electron chi connectivity index (χ0n) is 10.6. The van der Waals surface area contributed by atoms with E-state index in [1.807, 2.05) is 0 Å². The molecule has 0 radical (unpaired) electrons. The van der Waals surface area contributed by atoms with Crippen LogP contribution in [0.3, 0.4) is 0 Å². The summed E-state index contributed by atoms with van der Waals surface area (Å²) in [5.74, 6) is -1.08. The molecule has 1 fully saturated rings. The molecule has 2 rings (SSSR count). The van der Waals surface area contributed by atoms with Crippen LogP contribution in [0.5, 0.6) is 0 Å². The average Bonchev–Trinajstić information content (AvgIpc) is 2.89. The number of carbonyl (C=O) groups excluding carboxylic acids is 1. The van der Waals surface area contributed by atoms with Gasteiger partial charge in [0, 0.05) is 17.7 Å². The highest BCUT2D eigenvalue weighted by Crippen LogP contribution is 2.18. The number of hydrogen-bond donors (Lipinski definition) is 2. The van der Waals surface area contributed by atoms with Crippen molar-refractivity contribution < 1.29 is 14.7 Å². The van der Waals surface area contributed by atoms with Gasteiger partial charge in [-0.3, -0.25) is 4.79 Å². The average molecular weight is 259 g/mol. The molecule has 100 valence electrons. The van der Waals surface area contributed by atoms with Gasteiger partial charge in [-0.05, 0) is 36.6 Å². The molecule has 19 heavy (non-hydrogen) atoms. The lowest BCUT2D eigenvalue weighted by molar-refractivity contribution is -0.131. The Balaban J connectivity index is 2.04. The van der Waals surface area contributed by atoms with Gasteiger partial charge in [0.2, 0.25) is 0 Å². The molecule has 0 spiro atoms. The van der Waals surface area contributed by atoms with Gasteiger partial charge in [-0.1, -0.05) is 25.0 Å². The predicted molar refractivity (Wildman–Crippen MR) is 72.8 cm³/mol. The second-order valence-electron chi connectivity index (χ2n) is 4.75. The largest absolute Gasteiger partial charge is 0.478 e. The third-order valence-corrected chi connectivity index (χ3v) is 3.26. The van der Waals surface area contributed by atoms with Crippen molar-refractivity contribution in [2.45, 2.75) is 31.7 Å². The molecule has 4 heteroatoms. The molecule has 1 aliphatic rings. The molecule has 0 aliphatic heterocycles. The lowest BCUT2D eigenvalue weighted by atomic mass is 10.1. The quantitative estimate of drug-likeness (QED) is 0.816. The van der Waals surface area contributed by atoms with Crippen molar-refractivity contribution in [3.8, 4) is 0 Å². The van der Waals surface area contributed by atoms with E-state index < -0.39 is 5.97 Å². The molecule has 0 atom stereocenters. The normalized spacial score (nSPS) is 15.8. The zero-order valence-corrected chi connectivity index (χ0v) is 10.6. The van der Waals surface area contributed by atoms with Crippen LogP contribution in [0.15, 0.2) is 30.3 Å². The van der Waals surface area contributed by atoms with E-state index in [2.05, 4.69) is 5.32 Å². The summed E-state index contributed by atoms with van der Waals surface area (Å²) in [5.41, 5.74) is 1.28. The van der Waals surface area contributed by atoms with Crippen molar-refractivity contribution in [3.05, 3.63) is 41.5 Å². The van der Waals surface area contributed by atoms with E-state index in [4.69, 9.17) is 5.11 Å². The number of aliphatic carboxylic acids is 1. The zero-order chi connectivity index (χ0) is 13.7. The third kappa shape index (κ3) is 3.95. The Morgan fingerprint density at radius 3 is 2.68 bits per heavy atom. The Bertz CT molecular complexity index is 502. The number of amides is 1. The van der Waals surface area contributed by atoms with Crippen molar-refractivity contribution in [1.82, 2.24) is 5.32 Å². The lowest BCUT2D eigenvalue weighted by Crippen LogP contribution is -2.32. The number of benzene rings is 1. The maximum Gasteiger partial charge on any atom is 0.328 e. The number of carbonyl (C=O) groups is 2. The summed E-state index contributed by atoms with van der Waals surface area (Å²) in [5, 5.41) is 11.6. The third-order valence-electron chi connectivity index (χ3n) is 3.26. The van der Waals surface area contributed by atoms with E-state index in [0.29, 0.717) is 11.1 Å². The molecular formula is C15H17NO3. The molecule has 0 aromatic heterocycles. The van der Waals surface area contributed by atoms with Gasteiger partial charge in [-0.15, -0.1) is 0 Å². The van der Waals surface area contributed by atoms with Crippen LogP contribution in [-0.2, 0) is 4.79 Å². The predicted octanol–water partition coefficient (Wildman–Crippen LogP) is 2.46. The number of carboxylic acids is 1. The van der Waals surface area contributed by atoms with Crippen LogP contribution in [0.25, 0.3) is 6.08 Å². The molecule has 0 unspecified atom stereocenters. The minimum atomic E-state index is -0.999.